The summed E-state index contributed by atoms with van der Waals surface area (Å²) in [5, 5.41) is 17.4. The van der Waals surface area contributed by atoms with Gasteiger partial charge in [0.05, 0.1) is 35.5 Å². The molecule has 3 heterocycles. The number of carbonyl (C=O) groups excluding carboxylic acids is 2. The molecule has 2 aromatic carbocycles. The summed E-state index contributed by atoms with van der Waals surface area (Å²) >= 11 is 0. The van der Waals surface area contributed by atoms with Crippen LogP contribution in [0.15, 0.2) is 78.0 Å². The quantitative estimate of drug-likeness (QED) is 0.160. The summed E-state index contributed by atoms with van der Waals surface area (Å²) in [6, 6.07) is 11.5. The highest BCUT2D eigenvalue weighted by molar-refractivity contribution is 5.98. The molecule has 1 aliphatic rings. The topological polar surface area (TPSA) is 153 Å². The molecule has 11 nitrogen and oxygen atoms in total. The lowest BCUT2D eigenvalue weighted by molar-refractivity contribution is -0.114. The van der Waals surface area contributed by atoms with Gasteiger partial charge in [-0.15, -0.1) is 0 Å². The van der Waals surface area contributed by atoms with Crippen molar-refractivity contribution in [2.75, 3.05) is 25.0 Å². The van der Waals surface area contributed by atoms with Crippen LogP contribution in [0.2, 0.25) is 0 Å². The molecule has 4 aromatic rings. The van der Waals surface area contributed by atoms with Crippen LogP contribution in [-0.2, 0) is 21.6 Å². The van der Waals surface area contributed by atoms with Crippen molar-refractivity contribution in [1.29, 1.82) is 0 Å². The molecule has 1 aliphatic heterocycles. The number of aromatic nitrogens is 3. The highest BCUT2D eigenvalue weighted by atomic mass is 19.1. The van der Waals surface area contributed by atoms with Gasteiger partial charge >= 0.3 is 0 Å². The number of halogens is 1. The van der Waals surface area contributed by atoms with Crippen LogP contribution in [0.5, 0.6) is 0 Å². The van der Waals surface area contributed by atoms with E-state index in [2.05, 4.69) is 22.0 Å². The number of aliphatic hydroxyl groups is 1. The predicted molar refractivity (Wildman–Crippen MR) is 187 cm³/mol. The van der Waals surface area contributed by atoms with E-state index in [0.29, 0.717) is 65.9 Å². The monoisotopic (exact) mass is 668 g/mol. The number of nitrogens with one attached hydrogen (secondary N) is 1. The highest BCUT2D eigenvalue weighted by Crippen LogP contribution is 2.29. The van der Waals surface area contributed by atoms with Gasteiger partial charge in [-0.1, -0.05) is 39.5 Å². The first-order valence-electron chi connectivity index (χ1n) is 16.1. The molecule has 5 rings (SSSR count). The Hall–Kier alpha value is -5.20. The molecule has 256 valence electrons. The normalized spacial score (nSPS) is 14.2. The van der Waals surface area contributed by atoms with Crippen molar-refractivity contribution in [1.82, 2.24) is 19.7 Å². The first-order valence-corrected chi connectivity index (χ1v) is 16.1. The van der Waals surface area contributed by atoms with Crippen LogP contribution in [0.1, 0.15) is 67.6 Å². The average Bonchev–Trinajstić information content (AvgIpc) is 3.06. The SMILES string of the molecule is C=C(/C=C(/Nc1ccc(C(=O)N2CCC(O)CC2)cn1)C(N)=O)c1cccc(-n2ncc3cc(C(C)(C)C)cc(F)c3c2=O)c1COCC. The fourth-order valence-electron chi connectivity index (χ4n) is 5.67. The van der Waals surface area contributed by atoms with E-state index in [1.54, 1.807) is 41.3 Å². The number of hydrogen-bond donors (Lipinski definition) is 3. The number of nitrogens with two attached hydrogens (primary N) is 1. The van der Waals surface area contributed by atoms with Crippen molar-refractivity contribution in [2.45, 2.75) is 58.7 Å². The van der Waals surface area contributed by atoms with E-state index in [-0.39, 0.29) is 34.8 Å². The van der Waals surface area contributed by atoms with Crippen molar-refractivity contribution >= 4 is 34.0 Å². The second-order valence-electron chi connectivity index (χ2n) is 13.0. The maximum Gasteiger partial charge on any atom is 0.282 e. The smallest absolute Gasteiger partial charge is 0.282 e. The highest BCUT2D eigenvalue weighted by Gasteiger charge is 2.23. The predicted octanol–water partition coefficient (Wildman–Crippen LogP) is 4.85. The van der Waals surface area contributed by atoms with E-state index >= 15 is 4.39 Å². The third kappa shape index (κ3) is 7.76. The maximum absolute atomic E-state index is 15.4. The molecule has 0 unspecified atom stereocenters. The first-order chi connectivity index (χ1) is 23.3. The van der Waals surface area contributed by atoms with Crippen LogP contribution >= 0.6 is 0 Å². The van der Waals surface area contributed by atoms with E-state index in [4.69, 9.17) is 10.5 Å². The van der Waals surface area contributed by atoms with Crippen LogP contribution in [-0.4, -0.2) is 62.4 Å². The number of anilines is 1. The Labute approximate surface area is 283 Å². The van der Waals surface area contributed by atoms with Gasteiger partial charge in [-0.05, 0) is 78.3 Å². The number of ether oxygens (including phenoxy) is 1. The van der Waals surface area contributed by atoms with E-state index in [0.717, 1.165) is 10.2 Å². The number of fused-ring (bicyclic) bond motifs is 1. The third-order valence-electron chi connectivity index (χ3n) is 8.49. The van der Waals surface area contributed by atoms with E-state index in [1.165, 1.54) is 24.5 Å². The molecule has 4 N–H and O–H groups in total. The fourth-order valence-corrected chi connectivity index (χ4v) is 5.67. The Kier molecular flexibility index (Phi) is 10.4. The van der Waals surface area contributed by atoms with Gasteiger partial charge in [0.2, 0.25) is 0 Å². The number of nitrogens with zero attached hydrogens (tertiary/aromatic N) is 4. The summed E-state index contributed by atoms with van der Waals surface area (Å²) in [6.45, 7) is 13.3. The molecule has 0 radical (unpaired) electrons. The van der Waals surface area contributed by atoms with Gasteiger partial charge < -0.3 is 25.8 Å². The molecular weight excluding hydrogens is 627 g/mol. The van der Waals surface area contributed by atoms with Gasteiger partial charge in [-0.25, -0.2) is 9.37 Å². The number of primary amides is 1. The van der Waals surface area contributed by atoms with Crippen molar-refractivity contribution in [3.63, 3.8) is 0 Å². The standard InChI is InChI=1S/C37H41FN6O5/c1-6-49-21-28-27(8-7-9-31(28)44-36(48)33-24(20-41-44)17-25(18-29(33)38)37(3,4)5)22(2)16-30(34(39)46)42-32-11-10-23(19-40-32)35(47)43-14-12-26(45)13-15-43/h7-11,16-20,26,45H,2,6,12-15,21H2,1,3-5H3,(H2,39,46)(H,40,42)/b30-16+. The number of hydrogen-bond acceptors (Lipinski definition) is 8. The van der Waals surface area contributed by atoms with Crippen molar-refractivity contribution in [3.05, 3.63) is 112 Å². The van der Waals surface area contributed by atoms with Crippen LogP contribution in [0.25, 0.3) is 22.0 Å². The minimum Gasteiger partial charge on any atom is -0.393 e. The number of rotatable bonds is 10. The van der Waals surface area contributed by atoms with Crippen LogP contribution in [0.3, 0.4) is 0 Å². The summed E-state index contributed by atoms with van der Waals surface area (Å²) in [7, 11) is 0. The van der Waals surface area contributed by atoms with Gasteiger partial charge in [0.25, 0.3) is 17.4 Å². The number of likely N-dealkylation sites (tertiary alicyclic amines) is 1. The Morgan fingerprint density at radius 3 is 2.53 bits per heavy atom. The lowest BCUT2D eigenvalue weighted by Gasteiger charge is -2.29. The second-order valence-corrected chi connectivity index (χ2v) is 13.0. The summed E-state index contributed by atoms with van der Waals surface area (Å²) < 4.78 is 22.3. The van der Waals surface area contributed by atoms with Crippen LogP contribution in [0.4, 0.5) is 10.2 Å². The Morgan fingerprint density at radius 1 is 1.16 bits per heavy atom. The Balaban J connectivity index is 1.47. The van der Waals surface area contributed by atoms with E-state index in [1.807, 2.05) is 27.7 Å². The average molecular weight is 669 g/mol. The zero-order chi connectivity index (χ0) is 35.5. The third-order valence-corrected chi connectivity index (χ3v) is 8.49. The van der Waals surface area contributed by atoms with Crippen molar-refractivity contribution < 1.29 is 23.8 Å². The maximum atomic E-state index is 15.4. The molecule has 0 atom stereocenters. The minimum absolute atomic E-state index is 0.0212. The van der Waals surface area contributed by atoms with Gasteiger partial charge in [0.1, 0.15) is 17.3 Å². The van der Waals surface area contributed by atoms with Crippen LogP contribution < -0.4 is 16.6 Å². The molecule has 1 fully saturated rings. The molecule has 0 spiro atoms. The van der Waals surface area contributed by atoms with Gasteiger partial charge in [-0.2, -0.15) is 9.78 Å². The summed E-state index contributed by atoms with van der Waals surface area (Å²) in [4.78, 5) is 45.1. The number of benzene rings is 2. The van der Waals surface area contributed by atoms with Gasteiger partial charge in [-0.3, -0.25) is 14.4 Å². The van der Waals surface area contributed by atoms with Crippen molar-refractivity contribution in [3.8, 4) is 5.69 Å². The number of allylic oxidation sites excluding steroid dienone is 2. The first kappa shape index (κ1) is 35.1. The van der Waals surface area contributed by atoms with Gasteiger partial charge in [0, 0.05) is 36.8 Å². The number of amides is 2. The van der Waals surface area contributed by atoms with E-state index in [9.17, 15) is 19.5 Å². The molecule has 2 amide bonds. The van der Waals surface area contributed by atoms with Gasteiger partial charge in [0.15, 0.2) is 0 Å². The zero-order valence-electron chi connectivity index (χ0n) is 28.1. The number of carbonyl (C=O) groups is 2. The summed E-state index contributed by atoms with van der Waals surface area (Å²) in [5.74, 6) is -1.33. The molecule has 0 bridgehead atoms. The van der Waals surface area contributed by atoms with Crippen molar-refractivity contribution in [2.24, 2.45) is 5.73 Å². The Bertz CT molecular complexity index is 1990. The zero-order valence-corrected chi connectivity index (χ0v) is 28.1. The molecule has 1 saturated heterocycles. The molecule has 0 aliphatic carbocycles. The number of aliphatic hydroxyl groups excluding tert-OH is 1. The summed E-state index contributed by atoms with van der Waals surface area (Å²) in [6.07, 6.45) is 4.99. The Morgan fingerprint density at radius 2 is 1.90 bits per heavy atom. The molecular formula is C37H41FN6O5. The number of piperidine rings is 1. The largest absolute Gasteiger partial charge is 0.393 e. The minimum atomic E-state index is -0.782. The molecule has 12 heteroatoms. The van der Waals surface area contributed by atoms with E-state index < -0.39 is 23.4 Å². The van der Waals surface area contributed by atoms with Crippen LogP contribution in [0, 0.1) is 5.82 Å². The lowest BCUT2D eigenvalue weighted by atomic mass is 9.86. The summed E-state index contributed by atoms with van der Waals surface area (Å²) in [5.41, 5.74) is 7.69. The number of pyridine rings is 1. The lowest BCUT2D eigenvalue weighted by Crippen LogP contribution is -2.40. The fraction of sp³-hybridized carbons (Fsp3) is 0.324. The molecule has 0 saturated carbocycles. The molecule has 49 heavy (non-hydrogen) atoms. The molecule has 2 aromatic heterocycles. The second kappa shape index (κ2) is 14.5.